The van der Waals surface area contributed by atoms with Gasteiger partial charge in [-0.1, -0.05) is 18.2 Å². The average Bonchev–Trinajstić information content (AvgIpc) is 2.83. The van der Waals surface area contributed by atoms with Crippen LogP contribution in [0.25, 0.3) is 0 Å². The van der Waals surface area contributed by atoms with Crippen molar-refractivity contribution in [3.63, 3.8) is 0 Å². The van der Waals surface area contributed by atoms with Gasteiger partial charge >= 0.3 is 0 Å². The smallest absolute Gasteiger partial charge is 0.253 e. The van der Waals surface area contributed by atoms with E-state index in [1.165, 1.54) is 17.0 Å². The summed E-state index contributed by atoms with van der Waals surface area (Å²) in [5.41, 5.74) is 1.65. The second kappa shape index (κ2) is 10.4. The fourth-order valence-electron chi connectivity index (χ4n) is 3.53. The maximum atomic E-state index is 13.1. The van der Waals surface area contributed by atoms with Gasteiger partial charge in [0, 0.05) is 48.1 Å². The molecule has 0 bridgehead atoms. The number of anilines is 1. The van der Waals surface area contributed by atoms with Gasteiger partial charge in [0.05, 0.1) is 6.61 Å². The van der Waals surface area contributed by atoms with Crippen LogP contribution in [-0.4, -0.2) is 49.3 Å². The standard InChI is InChI=1S/C25H25FN2O2S/c26-21-8-10-22(11-9-21)27-14-16-28(17-15-27)25(29)20-6-12-23(13-7-20)30-18-19-31-24-4-2-1-3-5-24/h1-13H,14-19H2. The van der Waals surface area contributed by atoms with Gasteiger partial charge in [-0.05, 0) is 60.7 Å². The molecule has 0 atom stereocenters. The van der Waals surface area contributed by atoms with Gasteiger partial charge in [0.2, 0.25) is 0 Å². The van der Waals surface area contributed by atoms with Gasteiger partial charge in [-0.3, -0.25) is 4.79 Å². The van der Waals surface area contributed by atoms with E-state index in [-0.39, 0.29) is 11.7 Å². The Kier molecular flexibility index (Phi) is 7.10. The lowest BCUT2D eigenvalue weighted by atomic mass is 10.1. The highest BCUT2D eigenvalue weighted by molar-refractivity contribution is 7.99. The summed E-state index contributed by atoms with van der Waals surface area (Å²) in [5.74, 6) is 1.43. The monoisotopic (exact) mass is 436 g/mol. The van der Waals surface area contributed by atoms with Crippen LogP contribution < -0.4 is 9.64 Å². The summed E-state index contributed by atoms with van der Waals surface area (Å²) < 4.78 is 18.9. The van der Waals surface area contributed by atoms with Crippen LogP contribution in [0.15, 0.2) is 83.8 Å². The van der Waals surface area contributed by atoms with Crippen LogP contribution in [0.2, 0.25) is 0 Å². The molecule has 0 aliphatic carbocycles. The minimum Gasteiger partial charge on any atom is -0.493 e. The van der Waals surface area contributed by atoms with Gasteiger partial charge in [0.25, 0.3) is 5.91 Å². The third-order valence-electron chi connectivity index (χ3n) is 5.22. The molecule has 1 fully saturated rings. The Bertz CT molecular complexity index is 973. The number of rotatable bonds is 7. The highest BCUT2D eigenvalue weighted by Crippen LogP contribution is 2.20. The summed E-state index contributed by atoms with van der Waals surface area (Å²) in [6.45, 7) is 3.36. The first-order chi connectivity index (χ1) is 15.2. The van der Waals surface area contributed by atoms with Crippen molar-refractivity contribution in [2.45, 2.75) is 4.90 Å². The minimum atomic E-state index is -0.236. The quantitative estimate of drug-likeness (QED) is 0.387. The topological polar surface area (TPSA) is 32.8 Å². The molecule has 0 aromatic heterocycles. The Labute approximate surface area is 186 Å². The second-order valence-corrected chi connectivity index (χ2v) is 8.46. The number of amides is 1. The largest absolute Gasteiger partial charge is 0.493 e. The highest BCUT2D eigenvalue weighted by atomic mass is 32.2. The first kappa shape index (κ1) is 21.2. The second-order valence-electron chi connectivity index (χ2n) is 7.29. The van der Waals surface area contributed by atoms with Crippen LogP contribution >= 0.6 is 11.8 Å². The normalized spacial score (nSPS) is 13.8. The number of nitrogens with zero attached hydrogens (tertiary/aromatic N) is 2. The Balaban J connectivity index is 1.23. The van der Waals surface area contributed by atoms with E-state index in [0.717, 1.165) is 30.3 Å². The van der Waals surface area contributed by atoms with Crippen molar-refractivity contribution in [2.24, 2.45) is 0 Å². The molecule has 0 saturated carbocycles. The number of thioether (sulfide) groups is 1. The molecule has 0 radical (unpaired) electrons. The molecule has 0 N–H and O–H groups in total. The Morgan fingerprint density at radius 3 is 2.23 bits per heavy atom. The Morgan fingerprint density at radius 1 is 0.871 bits per heavy atom. The van der Waals surface area contributed by atoms with Gasteiger partial charge in [-0.25, -0.2) is 4.39 Å². The van der Waals surface area contributed by atoms with E-state index in [2.05, 4.69) is 17.0 Å². The molecule has 1 aliphatic heterocycles. The zero-order valence-electron chi connectivity index (χ0n) is 17.2. The maximum absolute atomic E-state index is 13.1. The molecule has 0 unspecified atom stereocenters. The summed E-state index contributed by atoms with van der Waals surface area (Å²) in [7, 11) is 0. The number of ether oxygens (including phenoxy) is 1. The molecular weight excluding hydrogens is 411 g/mol. The summed E-state index contributed by atoms with van der Waals surface area (Å²) in [6.07, 6.45) is 0. The molecule has 1 amide bonds. The van der Waals surface area contributed by atoms with Crippen LogP contribution in [0, 0.1) is 5.82 Å². The lowest BCUT2D eigenvalue weighted by Gasteiger charge is -2.36. The third-order valence-corrected chi connectivity index (χ3v) is 6.20. The molecule has 1 saturated heterocycles. The zero-order chi connectivity index (χ0) is 21.5. The first-order valence-electron chi connectivity index (χ1n) is 10.4. The fourth-order valence-corrected chi connectivity index (χ4v) is 4.28. The van der Waals surface area contributed by atoms with Gasteiger partial charge in [-0.15, -0.1) is 11.8 Å². The van der Waals surface area contributed by atoms with E-state index in [0.29, 0.717) is 25.3 Å². The third kappa shape index (κ3) is 5.79. The molecule has 160 valence electrons. The molecule has 1 aliphatic rings. The number of benzene rings is 3. The van der Waals surface area contributed by atoms with Crippen molar-refractivity contribution in [3.8, 4) is 5.75 Å². The van der Waals surface area contributed by atoms with Crippen LogP contribution in [0.1, 0.15) is 10.4 Å². The summed E-state index contributed by atoms with van der Waals surface area (Å²) in [5, 5.41) is 0. The lowest BCUT2D eigenvalue weighted by molar-refractivity contribution is 0.0746. The molecule has 6 heteroatoms. The Morgan fingerprint density at radius 2 is 1.55 bits per heavy atom. The summed E-state index contributed by atoms with van der Waals surface area (Å²) in [4.78, 5) is 18.1. The molecule has 4 nitrogen and oxygen atoms in total. The van der Waals surface area contributed by atoms with Crippen LogP contribution in [-0.2, 0) is 0 Å². The predicted octanol–water partition coefficient (Wildman–Crippen LogP) is 4.96. The molecule has 3 aromatic rings. The predicted molar refractivity (Wildman–Crippen MR) is 124 cm³/mol. The number of piperazine rings is 1. The SMILES string of the molecule is O=C(c1ccc(OCCSc2ccccc2)cc1)N1CCN(c2ccc(F)cc2)CC1. The number of carbonyl (C=O) groups is 1. The van der Waals surface area contributed by atoms with Crippen molar-refractivity contribution in [1.82, 2.24) is 4.90 Å². The maximum Gasteiger partial charge on any atom is 0.253 e. The van der Waals surface area contributed by atoms with Gasteiger partial charge < -0.3 is 14.5 Å². The van der Waals surface area contributed by atoms with Gasteiger partial charge in [0.15, 0.2) is 0 Å². The summed E-state index contributed by atoms with van der Waals surface area (Å²) in [6, 6.07) is 24.1. The van der Waals surface area contributed by atoms with Crippen LogP contribution in [0.5, 0.6) is 5.75 Å². The molecule has 4 rings (SSSR count). The van der Waals surface area contributed by atoms with Crippen LogP contribution in [0.3, 0.4) is 0 Å². The van der Waals surface area contributed by atoms with Gasteiger partial charge in [0.1, 0.15) is 11.6 Å². The van der Waals surface area contributed by atoms with Crippen molar-refractivity contribution < 1.29 is 13.9 Å². The number of halogens is 1. The van der Waals surface area contributed by atoms with E-state index < -0.39 is 0 Å². The molecule has 31 heavy (non-hydrogen) atoms. The fraction of sp³-hybridized carbons (Fsp3) is 0.240. The van der Waals surface area contributed by atoms with Crippen molar-refractivity contribution >= 4 is 23.4 Å². The first-order valence-corrected chi connectivity index (χ1v) is 11.4. The van der Waals surface area contributed by atoms with E-state index in [1.807, 2.05) is 47.4 Å². The van der Waals surface area contributed by atoms with E-state index in [4.69, 9.17) is 4.74 Å². The number of hydrogen-bond acceptors (Lipinski definition) is 4. The summed E-state index contributed by atoms with van der Waals surface area (Å²) >= 11 is 1.76. The van der Waals surface area contributed by atoms with Crippen LogP contribution in [0.4, 0.5) is 10.1 Å². The van der Waals surface area contributed by atoms with Crippen molar-refractivity contribution in [2.75, 3.05) is 43.4 Å². The zero-order valence-corrected chi connectivity index (χ0v) is 18.1. The highest BCUT2D eigenvalue weighted by Gasteiger charge is 2.22. The lowest BCUT2D eigenvalue weighted by Crippen LogP contribution is -2.48. The Hall–Kier alpha value is -2.99. The van der Waals surface area contributed by atoms with E-state index >= 15 is 0 Å². The average molecular weight is 437 g/mol. The number of carbonyl (C=O) groups excluding carboxylic acids is 1. The van der Waals surface area contributed by atoms with E-state index in [1.54, 1.807) is 23.9 Å². The molecular formula is C25H25FN2O2S. The molecule has 1 heterocycles. The van der Waals surface area contributed by atoms with Gasteiger partial charge in [-0.2, -0.15) is 0 Å². The van der Waals surface area contributed by atoms with Crippen molar-refractivity contribution in [1.29, 1.82) is 0 Å². The van der Waals surface area contributed by atoms with E-state index in [9.17, 15) is 9.18 Å². The number of hydrogen-bond donors (Lipinski definition) is 0. The van der Waals surface area contributed by atoms with Crippen molar-refractivity contribution in [3.05, 3.63) is 90.2 Å². The minimum absolute atomic E-state index is 0.0324. The molecule has 3 aromatic carbocycles. The molecule has 0 spiro atoms.